The van der Waals surface area contributed by atoms with E-state index in [-0.39, 0.29) is 0 Å². The zero-order valence-corrected chi connectivity index (χ0v) is 12.6. The SMILES string of the molecule is Nc1cc(Cl)c(N2CCC3CCCCC3C2)c(Cl)c1. The minimum atomic E-state index is 0.631. The fraction of sp³-hybridized carbons (Fsp3) is 0.600. The smallest absolute Gasteiger partial charge is 0.0746 e. The lowest BCUT2D eigenvalue weighted by atomic mass is 9.75. The van der Waals surface area contributed by atoms with E-state index in [4.69, 9.17) is 28.9 Å². The van der Waals surface area contributed by atoms with Gasteiger partial charge < -0.3 is 10.6 Å². The summed E-state index contributed by atoms with van der Waals surface area (Å²) in [6, 6.07) is 3.60. The van der Waals surface area contributed by atoms with E-state index in [0.717, 1.165) is 30.6 Å². The van der Waals surface area contributed by atoms with Crippen LogP contribution in [0.4, 0.5) is 11.4 Å². The highest BCUT2D eigenvalue weighted by atomic mass is 35.5. The van der Waals surface area contributed by atoms with Crippen LogP contribution in [0.5, 0.6) is 0 Å². The molecule has 19 heavy (non-hydrogen) atoms. The molecular weight excluding hydrogens is 279 g/mol. The van der Waals surface area contributed by atoms with Crippen LogP contribution in [-0.4, -0.2) is 13.1 Å². The van der Waals surface area contributed by atoms with E-state index >= 15 is 0 Å². The van der Waals surface area contributed by atoms with Gasteiger partial charge in [0.05, 0.1) is 15.7 Å². The number of nitrogen functional groups attached to an aromatic ring is 1. The summed E-state index contributed by atoms with van der Waals surface area (Å²) in [5.74, 6) is 1.73. The molecule has 1 aliphatic carbocycles. The maximum absolute atomic E-state index is 6.34. The van der Waals surface area contributed by atoms with Gasteiger partial charge in [-0.2, -0.15) is 0 Å². The molecule has 1 aromatic rings. The van der Waals surface area contributed by atoms with Gasteiger partial charge in [0.15, 0.2) is 0 Å². The summed E-state index contributed by atoms with van der Waals surface area (Å²) in [4.78, 5) is 2.36. The van der Waals surface area contributed by atoms with E-state index in [2.05, 4.69) is 4.90 Å². The molecule has 2 atom stereocenters. The Bertz CT molecular complexity index is 452. The molecule has 1 saturated heterocycles. The number of hydrogen-bond acceptors (Lipinski definition) is 2. The average Bonchev–Trinajstić information content (AvgIpc) is 2.37. The monoisotopic (exact) mass is 298 g/mol. The highest BCUT2D eigenvalue weighted by molar-refractivity contribution is 6.39. The van der Waals surface area contributed by atoms with Crippen LogP contribution in [-0.2, 0) is 0 Å². The third-order valence-corrected chi connectivity index (χ3v) is 5.22. The number of hydrogen-bond donors (Lipinski definition) is 1. The molecule has 2 fully saturated rings. The third kappa shape index (κ3) is 2.66. The van der Waals surface area contributed by atoms with Crippen LogP contribution < -0.4 is 10.6 Å². The number of rotatable bonds is 1. The molecule has 0 radical (unpaired) electrons. The van der Waals surface area contributed by atoms with Crippen molar-refractivity contribution >= 4 is 34.6 Å². The van der Waals surface area contributed by atoms with Gasteiger partial charge in [0, 0.05) is 18.8 Å². The molecule has 1 aliphatic heterocycles. The van der Waals surface area contributed by atoms with Crippen LogP contribution in [0.2, 0.25) is 10.0 Å². The molecule has 2 unspecified atom stereocenters. The van der Waals surface area contributed by atoms with Crippen molar-refractivity contribution in [2.24, 2.45) is 11.8 Å². The Kier molecular flexibility index (Phi) is 3.81. The summed E-state index contributed by atoms with van der Waals surface area (Å²) in [7, 11) is 0. The molecule has 4 heteroatoms. The Hall–Kier alpha value is -0.600. The Morgan fingerprint density at radius 2 is 1.63 bits per heavy atom. The Labute approximate surface area is 124 Å². The van der Waals surface area contributed by atoms with Gasteiger partial charge in [0.1, 0.15) is 0 Å². The average molecular weight is 299 g/mol. The third-order valence-electron chi connectivity index (χ3n) is 4.65. The summed E-state index contributed by atoms with van der Waals surface area (Å²) in [6.45, 7) is 2.15. The first-order valence-electron chi connectivity index (χ1n) is 7.14. The minimum absolute atomic E-state index is 0.631. The van der Waals surface area contributed by atoms with E-state index in [9.17, 15) is 0 Å². The molecule has 104 valence electrons. The zero-order chi connectivity index (χ0) is 13.4. The fourth-order valence-electron chi connectivity index (χ4n) is 3.69. The number of benzene rings is 1. The van der Waals surface area contributed by atoms with Crippen LogP contribution in [0.15, 0.2) is 12.1 Å². The second-order valence-electron chi connectivity index (χ2n) is 5.87. The van der Waals surface area contributed by atoms with Gasteiger partial charge in [-0.3, -0.25) is 0 Å². The van der Waals surface area contributed by atoms with E-state index in [1.807, 2.05) is 0 Å². The molecule has 1 heterocycles. The van der Waals surface area contributed by atoms with Gasteiger partial charge in [0.2, 0.25) is 0 Å². The molecular formula is C15H20Cl2N2. The molecule has 3 rings (SSSR count). The first-order chi connectivity index (χ1) is 9.15. The number of fused-ring (bicyclic) bond motifs is 1. The summed E-state index contributed by atoms with van der Waals surface area (Å²) in [5.41, 5.74) is 7.38. The molecule has 1 aromatic carbocycles. The number of halogens is 2. The second kappa shape index (κ2) is 5.41. The van der Waals surface area contributed by atoms with E-state index in [1.54, 1.807) is 12.1 Å². The Balaban J connectivity index is 1.83. The second-order valence-corrected chi connectivity index (χ2v) is 6.69. The quantitative estimate of drug-likeness (QED) is 0.768. The molecule has 2 aliphatic rings. The van der Waals surface area contributed by atoms with Crippen molar-refractivity contribution in [2.75, 3.05) is 23.7 Å². The Morgan fingerprint density at radius 3 is 2.32 bits per heavy atom. The number of nitrogens with zero attached hydrogens (tertiary/aromatic N) is 1. The first kappa shape index (κ1) is 13.4. The largest absolute Gasteiger partial charge is 0.399 e. The van der Waals surface area contributed by atoms with Crippen molar-refractivity contribution in [3.63, 3.8) is 0 Å². The maximum atomic E-state index is 6.34. The van der Waals surface area contributed by atoms with Crippen LogP contribution >= 0.6 is 23.2 Å². The van der Waals surface area contributed by atoms with Crippen molar-refractivity contribution in [2.45, 2.75) is 32.1 Å². The van der Waals surface area contributed by atoms with Crippen LogP contribution in [0.25, 0.3) is 0 Å². The van der Waals surface area contributed by atoms with Gasteiger partial charge in [-0.15, -0.1) is 0 Å². The van der Waals surface area contributed by atoms with Crippen molar-refractivity contribution < 1.29 is 0 Å². The molecule has 1 saturated carbocycles. The normalized spacial score (nSPS) is 27.2. The number of nitrogens with two attached hydrogens (primary N) is 1. The van der Waals surface area contributed by atoms with Crippen molar-refractivity contribution in [1.29, 1.82) is 0 Å². The van der Waals surface area contributed by atoms with Gasteiger partial charge in [0.25, 0.3) is 0 Å². The molecule has 0 spiro atoms. The maximum Gasteiger partial charge on any atom is 0.0746 e. The molecule has 2 nitrogen and oxygen atoms in total. The summed E-state index contributed by atoms with van der Waals surface area (Å²) in [5, 5.41) is 1.36. The lowest BCUT2D eigenvalue weighted by Crippen LogP contribution is -2.42. The standard InChI is InChI=1S/C15H20Cl2N2/c16-13-7-12(18)8-14(17)15(13)19-6-5-10-3-1-2-4-11(10)9-19/h7-8,10-11H,1-6,9,18H2. The van der Waals surface area contributed by atoms with E-state index in [1.165, 1.54) is 32.1 Å². The highest BCUT2D eigenvalue weighted by Gasteiger charge is 2.32. The van der Waals surface area contributed by atoms with Crippen molar-refractivity contribution in [3.8, 4) is 0 Å². The van der Waals surface area contributed by atoms with Crippen LogP contribution in [0, 0.1) is 11.8 Å². The molecule has 2 N–H and O–H groups in total. The summed E-state index contributed by atoms with van der Waals surface area (Å²) >= 11 is 12.7. The van der Waals surface area contributed by atoms with Gasteiger partial charge in [-0.05, 0) is 36.8 Å². The lowest BCUT2D eigenvalue weighted by Gasteiger charge is -2.42. The van der Waals surface area contributed by atoms with Gasteiger partial charge in [-0.25, -0.2) is 0 Å². The molecule has 0 bridgehead atoms. The lowest BCUT2D eigenvalue weighted by molar-refractivity contribution is 0.202. The van der Waals surface area contributed by atoms with Gasteiger partial charge in [-0.1, -0.05) is 42.5 Å². The summed E-state index contributed by atoms with van der Waals surface area (Å²) in [6.07, 6.45) is 6.80. The Morgan fingerprint density at radius 1 is 1.00 bits per heavy atom. The van der Waals surface area contributed by atoms with Crippen molar-refractivity contribution in [3.05, 3.63) is 22.2 Å². The number of piperidine rings is 1. The van der Waals surface area contributed by atoms with Gasteiger partial charge >= 0.3 is 0 Å². The first-order valence-corrected chi connectivity index (χ1v) is 7.90. The topological polar surface area (TPSA) is 29.3 Å². The molecule has 0 amide bonds. The van der Waals surface area contributed by atoms with E-state index in [0.29, 0.717) is 15.7 Å². The van der Waals surface area contributed by atoms with Crippen LogP contribution in [0.1, 0.15) is 32.1 Å². The molecule has 0 aromatic heterocycles. The predicted octanol–water partition coefficient (Wildman–Crippen LogP) is 4.59. The van der Waals surface area contributed by atoms with E-state index < -0.39 is 0 Å². The zero-order valence-electron chi connectivity index (χ0n) is 11.0. The highest BCUT2D eigenvalue weighted by Crippen LogP contribution is 2.42. The minimum Gasteiger partial charge on any atom is -0.399 e. The van der Waals surface area contributed by atoms with Crippen LogP contribution in [0.3, 0.4) is 0 Å². The van der Waals surface area contributed by atoms with Crippen molar-refractivity contribution in [1.82, 2.24) is 0 Å². The number of anilines is 2. The summed E-state index contributed by atoms with van der Waals surface area (Å²) < 4.78 is 0. The predicted molar refractivity (Wildman–Crippen MR) is 83.2 cm³/mol. The fourth-order valence-corrected chi connectivity index (χ4v) is 4.43.